The molecule has 2 heterocycles. The number of nitrogens with zero attached hydrogens (tertiary/aromatic N) is 1. The van der Waals surface area contributed by atoms with E-state index in [1.54, 1.807) is 0 Å². The summed E-state index contributed by atoms with van der Waals surface area (Å²) < 4.78 is 0. The molecule has 136 valence electrons. The van der Waals surface area contributed by atoms with Gasteiger partial charge in [0.05, 0.1) is 12.1 Å². The van der Waals surface area contributed by atoms with Crippen LogP contribution in [0.5, 0.6) is 0 Å². The van der Waals surface area contributed by atoms with Crippen molar-refractivity contribution in [3.05, 3.63) is 71.8 Å². The Morgan fingerprint density at radius 1 is 0.720 bits per heavy atom. The van der Waals surface area contributed by atoms with E-state index >= 15 is 0 Å². The van der Waals surface area contributed by atoms with Crippen molar-refractivity contribution < 1.29 is 0 Å². The van der Waals surface area contributed by atoms with Crippen LogP contribution in [0.1, 0.15) is 36.1 Å². The maximum absolute atomic E-state index is 3.62. The number of hydrogen-bond donors (Lipinski definition) is 2. The summed E-state index contributed by atoms with van der Waals surface area (Å²) in [6.07, 6.45) is 2.83. The van der Waals surface area contributed by atoms with Crippen LogP contribution in [0, 0.1) is 0 Å². The smallest absolute Gasteiger partial charge is 0.0518 e. The third kappa shape index (κ3) is 5.82. The fraction of sp³-hybridized carbons (Fsp3) is 0.429. The maximum atomic E-state index is 3.62. The van der Waals surface area contributed by atoms with Crippen LogP contribution in [0.15, 0.2) is 60.7 Å². The number of rotatable bonds is 2. The van der Waals surface area contributed by atoms with E-state index in [2.05, 4.69) is 83.2 Å². The normalized spacial score (nSPS) is 23.2. The van der Waals surface area contributed by atoms with E-state index in [-0.39, 0.29) is 12.4 Å². The first kappa shape index (κ1) is 19.9. The van der Waals surface area contributed by atoms with E-state index in [0.717, 1.165) is 13.1 Å². The lowest BCUT2D eigenvalue weighted by molar-refractivity contribution is 0.333. The summed E-state index contributed by atoms with van der Waals surface area (Å²) in [6, 6.07) is 22.0. The fourth-order valence-electron chi connectivity index (χ4n) is 3.51. The van der Waals surface area contributed by atoms with Crippen molar-refractivity contribution in [1.82, 2.24) is 15.5 Å². The van der Waals surface area contributed by atoms with Gasteiger partial charge in [0.1, 0.15) is 0 Å². The zero-order chi connectivity index (χ0) is 16.6. The standard InChI is InChI=1S/C16H18N2.C5H11N.ClH/c1-3-7-13(8-4-1)15-16(18-12-11-17-15)14-9-5-2-6-10-14;1-6-4-2-3-5-6;/h1-10,15-18H,11-12H2;2-5H2,1H3;1H. The van der Waals surface area contributed by atoms with Crippen molar-refractivity contribution in [2.24, 2.45) is 0 Å². The molecule has 0 aliphatic carbocycles. The summed E-state index contributed by atoms with van der Waals surface area (Å²) in [7, 11) is 2.17. The first-order chi connectivity index (χ1) is 11.8. The molecule has 0 saturated carbocycles. The van der Waals surface area contributed by atoms with E-state index < -0.39 is 0 Å². The molecule has 4 rings (SSSR count). The summed E-state index contributed by atoms with van der Waals surface area (Å²) in [5, 5.41) is 7.24. The molecular formula is C21H30ClN3. The Labute approximate surface area is 158 Å². The fourth-order valence-corrected chi connectivity index (χ4v) is 3.51. The van der Waals surface area contributed by atoms with Gasteiger partial charge in [-0.15, -0.1) is 12.4 Å². The molecule has 2 aliphatic heterocycles. The van der Waals surface area contributed by atoms with Gasteiger partial charge >= 0.3 is 0 Å². The predicted molar refractivity (Wildman–Crippen MR) is 108 cm³/mol. The maximum Gasteiger partial charge on any atom is 0.0518 e. The molecule has 2 aromatic carbocycles. The molecule has 2 atom stereocenters. The van der Waals surface area contributed by atoms with E-state index in [1.165, 1.54) is 37.1 Å². The Balaban J connectivity index is 0.000000275. The summed E-state index contributed by atoms with van der Waals surface area (Å²) in [4.78, 5) is 2.36. The lowest BCUT2D eigenvalue weighted by Gasteiger charge is -2.34. The molecule has 2 aromatic rings. The molecule has 2 saturated heterocycles. The molecule has 2 fully saturated rings. The van der Waals surface area contributed by atoms with Crippen molar-refractivity contribution in [3.63, 3.8) is 0 Å². The van der Waals surface area contributed by atoms with Gasteiger partial charge in [0, 0.05) is 13.1 Å². The highest BCUT2D eigenvalue weighted by Gasteiger charge is 2.26. The minimum absolute atomic E-state index is 0. The van der Waals surface area contributed by atoms with Crippen LogP contribution >= 0.6 is 12.4 Å². The highest BCUT2D eigenvalue weighted by atomic mass is 35.5. The third-order valence-electron chi connectivity index (χ3n) is 4.83. The number of halogens is 1. The van der Waals surface area contributed by atoms with Crippen molar-refractivity contribution in [3.8, 4) is 0 Å². The number of likely N-dealkylation sites (tertiary alicyclic amines) is 1. The molecule has 0 aromatic heterocycles. The predicted octanol–water partition coefficient (Wildman–Crippen LogP) is 3.80. The minimum Gasteiger partial charge on any atom is -0.307 e. The van der Waals surface area contributed by atoms with Crippen molar-refractivity contribution >= 4 is 12.4 Å². The summed E-state index contributed by atoms with van der Waals surface area (Å²) >= 11 is 0. The zero-order valence-corrected chi connectivity index (χ0v) is 15.8. The largest absolute Gasteiger partial charge is 0.307 e. The monoisotopic (exact) mass is 359 g/mol. The third-order valence-corrected chi connectivity index (χ3v) is 4.83. The second kappa shape index (κ2) is 10.6. The molecule has 2 aliphatic rings. The zero-order valence-electron chi connectivity index (χ0n) is 15.0. The van der Waals surface area contributed by atoms with Crippen LogP contribution in [0.2, 0.25) is 0 Å². The summed E-state index contributed by atoms with van der Waals surface area (Å²) in [5.41, 5.74) is 2.69. The molecule has 0 bridgehead atoms. The van der Waals surface area contributed by atoms with Gasteiger partial charge in [-0.3, -0.25) is 0 Å². The van der Waals surface area contributed by atoms with E-state index in [0.29, 0.717) is 12.1 Å². The minimum atomic E-state index is 0. The van der Waals surface area contributed by atoms with Crippen molar-refractivity contribution in [2.75, 3.05) is 33.2 Å². The van der Waals surface area contributed by atoms with Crippen LogP contribution < -0.4 is 10.6 Å². The van der Waals surface area contributed by atoms with Crippen LogP contribution in [-0.4, -0.2) is 38.1 Å². The van der Waals surface area contributed by atoms with Crippen LogP contribution in [0.25, 0.3) is 0 Å². The van der Waals surface area contributed by atoms with Gasteiger partial charge in [0.25, 0.3) is 0 Å². The number of hydrogen-bond acceptors (Lipinski definition) is 3. The second-order valence-electron chi connectivity index (χ2n) is 6.70. The SMILES string of the molecule is CN1CCCC1.Cl.c1ccc(C2NCCNC2c2ccccc2)cc1. The van der Waals surface area contributed by atoms with Crippen LogP contribution in [0.4, 0.5) is 0 Å². The Kier molecular flexibility index (Phi) is 8.42. The number of piperazine rings is 1. The number of benzene rings is 2. The Morgan fingerprint density at radius 2 is 1.12 bits per heavy atom. The molecule has 0 spiro atoms. The highest BCUT2D eigenvalue weighted by Crippen LogP contribution is 2.30. The lowest BCUT2D eigenvalue weighted by atomic mass is 9.92. The Morgan fingerprint density at radius 3 is 1.44 bits per heavy atom. The lowest BCUT2D eigenvalue weighted by Crippen LogP contribution is -2.45. The first-order valence-electron chi connectivity index (χ1n) is 9.10. The van der Waals surface area contributed by atoms with Gasteiger partial charge in [-0.1, -0.05) is 60.7 Å². The van der Waals surface area contributed by atoms with E-state index in [4.69, 9.17) is 0 Å². The van der Waals surface area contributed by atoms with E-state index in [9.17, 15) is 0 Å². The van der Waals surface area contributed by atoms with Gasteiger partial charge in [0.2, 0.25) is 0 Å². The number of nitrogens with one attached hydrogen (secondary N) is 2. The average Bonchev–Trinajstić information content (AvgIpc) is 3.15. The quantitative estimate of drug-likeness (QED) is 0.854. The highest BCUT2D eigenvalue weighted by molar-refractivity contribution is 5.85. The van der Waals surface area contributed by atoms with Crippen LogP contribution in [0.3, 0.4) is 0 Å². The molecule has 2 N–H and O–H groups in total. The molecule has 4 heteroatoms. The molecule has 0 amide bonds. The van der Waals surface area contributed by atoms with Crippen molar-refractivity contribution in [1.29, 1.82) is 0 Å². The average molecular weight is 360 g/mol. The summed E-state index contributed by atoms with van der Waals surface area (Å²) in [5.74, 6) is 0. The van der Waals surface area contributed by atoms with Gasteiger partial charge in [-0.2, -0.15) is 0 Å². The molecular weight excluding hydrogens is 330 g/mol. The Hall–Kier alpha value is -1.39. The van der Waals surface area contributed by atoms with Gasteiger partial charge in [-0.05, 0) is 44.1 Å². The Bertz CT molecular complexity index is 537. The molecule has 3 nitrogen and oxygen atoms in total. The van der Waals surface area contributed by atoms with Gasteiger partial charge in [-0.25, -0.2) is 0 Å². The topological polar surface area (TPSA) is 27.3 Å². The molecule has 25 heavy (non-hydrogen) atoms. The molecule has 2 unspecified atom stereocenters. The van der Waals surface area contributed by atoms with Gasteiger partial charge in [0.15, 0.2) is 0 Å². The van der Waals surface area contributed by atoms with Gasteiger partial charge < -0.3 is 15.5 Å². The summed E-state index contributed by atoms with van der Waals surface area (Å²) in [6.45, 7) is 4.67. The first-order valence-corrected chi connectivity index (χ1v) is 9.10. The second-order valence-corrected chi connectivity index (χ2v) is 6.70. The van der Waals surface area contributed by atoms with E-state index in [1.807, 2.05) is 0 Å². The molecule has 0 radical (unpaired) electrons. The van der Waals surface area contributed by atoms with Crippen molar-refractivity contribution in [2.45, 2.75) is 24.9 Å². The van der Waals surface area contributed by atoms with Crippen LogP contribution in [-0.2, 0) is 0 Å².